The lowest BCUT2D eigenvalue weighted by molar-refractivity contribution is 0.0945. The van der Waals surface area contributed by atoms with Gasteiger partial charge < -0.3 is 0 Å². The van der Waals surface area contributed by atoms with E-state index in [0.29, 0.717) is 0 Å². The van der Waals surface area contributed by atoms with Gasteiger partial charge in [0, 0.05) is 0 Å². The van der Waals surface area contributed by atoms with Crippen LogP contribution in [0.15, 0.2) is 46.0 Å². The number of benzene rings is 1. The first kappa shape index (κ1) is 14.0. The van der Waals surface area contributed by atoms with E-state index in [1.165, 1.54) is 12.1 Å². The molecule has 0 spiro atoms. The van der Waals surface area contributed by atoms with Crippen molar-refractivity contribution < 1.29 is 13.2 Å². The van der Waals surface area contributed by atoms with Gasteiger partial charge in [0.2, 0.25) is 0 Å². The number of amides is 1. The zero-order valence-electron chi connectivity index (χ0n) is 9.46. The monoisotopic (exact) mass is 316 g/mol. The third-order valence-electron chi connectivity index (χ3n) is 2.18. The fourth-order valence-electron chi connectivity index (χ4n) is 1.29. The molecule has 5 nitrogen and oxygen atoms in total. The number of carbonyl (C=O) groups is 1. The molecule has 0 atom stereocenters. The van der Waals surface area contributed by atoms with Crippen LogP contribution >= 0.6 is 22.9 Å². The van der Waals surface area contributed by atoms with Crippen LogP contribution in [-0.2, 0) is 10.0 Å². The van der Waals surface area contributed by atoms with Crippen LogP contribution in [0, 0.1) is 0 Å². The molecule has 0 unspecified atom stereocenters. The summed E-state index contributed by atoms with van der Waals surface area (Å²) >= 11 is 6.89. The van der Waals surface area contributed by atoms with Crippen molar-refractivity contribution in [2.75, 3.05) is 0 Å². The third-order valence-corrected chi connectivity index (χ3v) is 5.15. The van der Waals surface area contributed by atoms with E-state index in [1.54, 1.807) is 29.6 Å². The highest BCUT2D eigenvalue weighted by atomic mass is 35.5. The molecule has 0 bridgehead atoms. The van der Waals surface area contributed by atoms with E-state index in [1.807, 2.05) is 4.83 Å². The maximum Gasteiger partial charge on any atom is 0.267 e. The molecule has 0 aliphatic heterocycles. The first-order chi connectivity index (χ1) is 9.00. The van der Waals surface area contributed by atoms with Crippen molar-refractivity contribution in [1.82, 2.24) is 10.3 Å². The van der Waals surface area contributed by atoms with Gasteiger partial charge in [-0.3, -0.25) is 10.2 Å². The van der Waals surface area contributed by atoms with Gasteiger partial charge in [-0.1, -0.05) is 29.8 Å². The summed E-state index contributed by atoms with van der Waals surface area (Å²) in [6, 6.07) is 9.40. The lowest BCUT2D eigenvalue weighted by Gasteiger charge is -2.07. The highest BCUT2D eigenvalue weighted by molar-refractivity contribution is 7.91. The number of hydrogen-bond acceptors (Lipinski definition) is 4. The van der Waals surface area contributed by atoms with Crippen molar-refractivity contribution >= 4 is 38.9 Å². The molecule has 0 aliphatic carbocycles. The Morgan fingerprint density at radius 1 is 1.16 bits per heavy atom. The second-order valence-corrected chi connectivity index (χ2v) is 6.74. The van der Waals surface area contributed by atoms with Crippen LogP contribution in [0.3, 0.4) is 0 Å². The quantitative estimate of drug-likeness (QED) is 0.847. The van der Waals surface area contributed by atoms with Gasteiger partial charge in [-0.2, -0.15) is 0 Å². The molecule has 2 N–H and O–H groups in total. The summed E-state index contributed by atoms with van der Waals surface area (Å²) in [4.78, 5) is 13.8. The maximum absolute atomic E-state index is 11.8. The number of nitrogens with one attached hydrogen (secondary N) is 2. The van der Waals surface area contributed by atoms with Gasteiger partial charge in [0.1, 0.15) is 4.21 Å². The van der Waals surface area contributed by atoms with E-state index in [0.717, 1.165) is 11.3 Å². The largest absolute Gasteiger partial charge is 0.273 e. The Balaban J connectivity index is 2.08. The van der Waals surface area contributed by atoms with Crippen LogP contribution in [-0.4, -0.2) is 14.3 Å². The molecule has 1 aromatic heterocycles. The Labute approximate surface area is 119 Å². The van der Waals surface area contributed by atoms with Gasteiger partial charge >= 0.3 is 0 Å². The van der Waals surface area contributed by atoms with Crippen LogP contribution in [0.2, 0.25) is 5.02 Å². The van der Waals surface area contributed by atoms with Crippen molar-refractivity contribution in [3.05, 3.63) is 52.4 Å². The van der Waals surface area contributed by atoms with Crippen LogP contribution in [0.4, 0.5) is 0 Å². The average molecular weight is 317 g/mol. The third kappa shape index (κ3) is 3.32. The minimum Gasteiger partial charge on any atom is -0.273 e. The lowest BCUT2D eigenvalue weighted by Crippen LogP contribution is -2.41. The van der Waals surface area contributed by atoms with Crippen molar-refractivity contribution in [3.8, 4) is 0 Å². The zero-order chi connectivity index (χ0) is 13.9. The molecule has 0 fully saturated rings. The van der Waals surface area contributed by atoms with Gasteiger partial charge in [0.05, 0.1) is 10.6 Å². The molecule has 1 aromatic carbocycles. The zero-order valence-corrected chi connectivity index (χ0v) is 11.8. The van der Waals surface area contributed by atoms with E-state index in [-0.39, 0.29) is 14.8 Å². The Hall–Kier alpha value is -1.41. The first-order valence-electron chi connectivity index (χ1n) is 5.11. The number of hydrogen-bond donors (Lipinski definition) is 2. The van der Waals surface area contributed by atoms with Gasteiger partial charge in [0.15, 0.2) is 0 Å². The fraction of sp³-hybridized carbons (Fsp3) is 0. The van der Waals surface area contributed by atoms with Crippen LogP contribution in [0.5, 0.6) is 0 Å². The standard InChI is InChI=1S/C11H9ClN2O3S2/c12-9-5-2-1-4-8(9)11(15)13-14-19(16,17)10-6-3-7-18-10/h1-7,14H,(H,13,15). The van der Waals surface area contributed by atoms with Crippen molar-refractivity contribution in [2.45, 2.75) is 4.21 Å². The van der Waals surface area contributed by atoms with Crippen molar-refractivity contribution in [1.29, 1.82) is 0 Å². The van der Waals surface area contributed by atoms with Crippen molar-refractivity contribution in [2.24, 2.45) is 0 Å². The van der Waals surface area contributed by atoms with E-state index in [2.05, 4.69) is 5.43 Å². The second kappa shape index (κ2) is 5.70. The van der Waals surface area contributed by atoms with Crippen LogP contribution in [0.1, 0.15) is 10.4 Å². The molecule has 19 heavy (non-hydrogen) atoms. The van der Waals surface area contributed by atoms with Gasteiger partial charge in [-0.05, 0) is 23.6 Å². The molecule has 2 aromatic rings. The Morgan fingerprint density at radius 3 is 2.53 bits per heavy atom. The number of carbonyl (C=O) groups excluding carboxylic acids is 1. The number of thiophene rings is 1. The molecule has 0 saturated carbocycles. The first-order valence-corrected chi connectivity index (χ1v) is 7.85. The fourth-order valence-corrected chi connectivity index (χ4v) is 3.35. The number of halogens is 1. The Bertz CT molecular complexity index is 684. The second-order valence-electron chi connectivity index (χ2n) is 3.47. The predicted molar refractivity (Wildman–Crippen MR) is 73.6 cm³/mol. The summed E-state index contributed by atoms with van der Waals surface area (Å²) in [5.74, 6) is -0.620. The van der Waals surface area contributed by atoms with Gasteiger partial charge in [-0.15, -0.1) is 16.2 Å². The number of rotatable bonds is 4. The van der Waals surface area contributed by atoms with Crippen LogP contribution in [0.25, 0.3) is 0 Å². The summed E-state index contributed by atoms with van der Waals surface area (Å²) in [7, 11) is -3.74. The molecule has 1 amide bonds. The Morgan fingerprint density at radius 2 is 1.89 bits per heavy atom. The van der Waals surface area contributed by atoms with Gasteiger partial charge in [0.25, 0.3) is 15.9 Å². The van der Waals surface area contributed by atoms with Crippen LogP contribution < -0.4 is 10.3 Å². The molecule has 0 aliphatic rings. The number of sulfonamides is 1. The normalized spacial score (nSPS) is 11.2. The molecular weight excluding hydrogens is 308 g/mol. The molecule has 0 radical (unpaired) electrons. The summed E-state index contributed by atoms with van der Waals surface area (Å²) in [6.07, 6.45) is 0. The highest BCUT2D eigenvalue weighted by Crippen LogP contribution is 2.16. The summed E-state index contributed by atoms with van der Waals surface area (Å²) in [5, 5.41) is 1.88. The summed E-state index contributed by atoms with van der Waals surface area (Å²) < 4.78 is 23.6. The molecule has 2 rings (SSSR count). The molecule has 8 heteroatoms. The maximum atomic E-state index is 11.8. The average Bonchev–Trinajstić information content (AvgIpc) is 2.91. The smallest absolute Gasteiger partial charge is 0.267 e. The molecular formula is C11H9ClN2O3S2. The topological polar surface area (TPSA) is 75.3 Å². The minimum absolute atomic E-state index is 0.118. The summed E-state index contributed by atoms with van der Waals surface area (Å²) in [5.41, 5.74) is 2.31. The molecule has 100 valence electrons. The van der Waals surface area contributed by atoms with E-state index in [4.69, 9.17) is 11.6 Å². The lowest BCUT2D eigenvalue weighted by atomic mass is 10.2. The SMILES string of the molecule is O=C(NNS(=O)(=O)c1cccs1)c1ccccc1Cl. The van der Waals surface area contributed by atoms with Crippen molar-refractivity contribution in [3.63, 3.8) is 0 Å². The minimum atomic E-state index is -3.74. The van der Waals surface area contributed by atoms with E-state index in [9.17, 15) is 13.2 Å². The number of hydrazine groups is 1. The van der Waals surface area contributed by atoms with E-state index < -0.39 is 15.9 Å². The summed E-state index contributed by atoms with van der Waals surface area (Å²) in [6.45, 7) is 0. The Kier molecular flexibility index (Phi) is 4.20. The molecule has 1 heterocycles. The highest BCUT2D eigenvalue weighted by Gasteiger charge is 2.17. The molecule has 0 saturated heterocycles. The predicted octanol–water partition coefficient (Wildman–Crippen LogP) is 2.02. The van der Waals surface area contributed by atoms with E-state index >= 15 is 0 Å². The van der Waals surface area contributed by atoms with Gasteiger partial charge in [-0.25, -0.2) is 8.42 Å².